The molecule has 2 rings (SSSR count). The molecule has 0 fully saturated rings. The lowest BCUT2D eigenvalue weighted by molar-refractivity contribution is 0.314. The summed E-state index contributed by atoms with van der Waals surface area (Å²) in [7, 11) is 0. The molecule has 1 unspecified atom stereocenters. The molecule has 2 nitrogen and oxygen atoms in total. The minimum Gasteiger partial charge on any atom is -0.347 e. The zero-order valence-electron chi connectivity index (χ0n) is 15.3. The van der Waals surface area contributed by atoms with Gasteiger partial charge in [0.25, 0.3) is 0 Å². The van der Waals surface area contributed by atoms with Crippen molar-refractivity contribution in [2.24, 2.45) is 0 Å². The van der Waals surface area contributed by atoms with Crippen molar-refractivity contribution in [3.63, 3.8) is 0 Å². The number of anilines is 1. The number of hydrogen-bond acceptors (Lipinski definition) is 2. The van der Waals surface area contributed by atoms with Crippen molar-refractivity contribution in [1.29, 1.82) is 0 Å². The van der Waals surface area contributed by atoms with Crippen LogP contribution in [-0.2, 0) is 0 Å². The predicted octanol–water partition coefficient (Wildman–Crippen LogP) is 5.38. The number of para-hydroxylation sites is 1. The smallest absolute Gasteiger partial charge is 0.107 e. The third-order valence-corrected chi connectivity index (χ3v) is 3.70. The molecule has 0 heterocycles. The van der Waals surface area contributed by atoms with Gasteiger partial charge in [0.15, 0.2) is 0 Å². The van der Waals surface area contributed by atoms with E-state index in [4.69, 9.17) is 0 Å². The fourth-order valence-electron chi connectivity index (χ4n) is 2.85. The standard InChI is InChI=1S/C21H30N2/c1-20(2,3)22-19(17-13-9-7-10-14-17)23(21(4,5)6)18-15-11-8-12-16-18/h7-16,19,22H,1-6H3. The summed E-state index contributed by atoms with van der Waals surface area (Å²) in [5, 5.41) is 3.80. The summed E-state index contributed by atoms with van der Waals surface area (Å²) in [5.41, 5.74) is 2.51. The van der Waals surface area contributed by atoms with Crippen LogP contribution in [0.3, 0.4) is 0 Å². The van der Waals surface area contributed by atoms with E-state index in [9.17, 15) is 0 Å². The third-order valence-electron chi connectivity index (χ3n) is 3.70. The van der Waals surface area contributed by atoms with Gasteiger partial charge in [0.05, 0.1) is 0 Å². The Bertz CT molecular complexity index is 591. The molecule has 0 radical (unpaired) electrons. The maximum absolute atomic E-state index is 3.80. The molecule has 2 aromatic rings. The van der Waals surface area contributed by atoms with Gasteiger partial charge in [0.1, 0.15) is 6.17 Å². The Morgan fingerprint density at radius 2 is 1.22 bits per heavy atom. The van der Waals surface area contributed by atoms with Crippen molar-refractivity contribution in [3.05, 3.63) is 66.2 Å². The van der Waals surface area contributed by atoms with Gasteiger partial charge in [0.2, 0.25) is 0 Å². The minimum atomic E-state index is -0.0138. The quantitative estimate of drug-likeness (QED) is 0.763. The lowest BCUT2D eigenvalue weighted by atomic mass is 9.98. The molecule has 0 aliphatic heterocycles. The number of hydrogen-bond donors (Lipinski definition) is 1. The summed E-state index contributed by atoms with van der Waals surface area (Å²) in [6.45, 7) is 13.4. The highest BCUT2D eigenvalue weighted by Gasteiger charge is 2.32. The lowest BCUT2D eigenvalue weighted by Crippen LogP contribution is -2.53. The lowest BCUT2D eigenvalue weighted by Gasteiger charge is -2.46. The van der Waals surface area contributed by atoms with Gasteiger partial charge in [-0.3, -0.25) is 5.32 Å². The van der Waals surface area contributed by atoms with Gasteiger partial charge in [-0.25, -0.2) is 0 Å². The average molecular weight is 310 g/mol. The number of nitrogens with zero attached hydrogens (tertiary/aromatic N) is 1. The Labute approximate surface area is 141 Å². The van der Waals surface area contributed by atoms with Crippen molar-refractivity contribution in [2.75, 3.05) is 4.90 Å². The molecule has 0 aromatic heterocycles. The molecule has 2 aromatic carbocycles. The van der Waals surface area contributed by atoms with Gasteiger partial charge in [-0.1, -0.05) is 48.5 Å². The fourth-order valence-corrected chi connectivity index (χ4v) is 2.85. The van der Waals surface area contributed by atoms with E-state index in [1.165, 1.54) is 11.3 Å². The zero-order chi connectivity index (χ0) is 17.1. The third kappa shape index (κ3) is 4.84. The number of benzene rings is 2. The van der Waals surface area contributed by atoms with Crippen LogP contribution >= 0.6 is 0 Å². The number of rotatable bonds is 4. The van der Waals surface area contributed by atoms with Crippen LogP contribution in [0.25, 0.3) is 0 Å². The summed E-state index contributed by atoms with van der Waals surface area (Å²) in [6.07, 6.45) is 0.110. The average Bonchev–Trinajstić information content (AvgIpc) is 2.46. The molecular formula is C21H30N2. The fraction of sp³-hybridized carbons (Fsp3) is 0.429. The first-order valence-corrected chi connectivity index (χ1v) is 8.35. The SMILES string of the molecule is CC(C)(C)NC(c1ccccc1)N(c1ccccc1)C(C)(C)C. The van der Waals surface area contributed by atoms with E-state index in [-0.39, 0.29) is 17.2 Å². The van der Waals surface area contributed by atoms with E-state index in [2.05, 4.69) is 112 Å². The summed E-state index contributed by atoms with van der Waals surface area (Å²) in [4.78, 5) is 2.47. The minimum absolute atomic E-state index is 0.0127. The highest BCUT2D eigenvalue weighted by molar-refractivity contribution is 5.51. The summed E-state index contributed by atoms with van der Waals surface area (Å²) >= 11 is 0. The maximum atomic E-state index is 3.80. The summed E-state index contributed by atoms with van der Waals surface area (Å²) < 4.78 is 0. The van der Waals surface area contributed by atoms with Crippen LogP contribution in [-0.4, -0.2) is 11.1 Å². The Balaban J connectivity index is 2.53. The predicted molar refractivity (Wildman–Crippen MR) is 101 cm³/mol. The van der Waals surface area contributed by atoms with Crippen LogP contribution in [0, 0.1) is 0 Å². The first-order valence-electron chi connectivity index (χ1n) is 8.35. The Morgan fingerprint density at radius 3 is 1.65 bits per heavy atom. The summed E-state index contributed by atoms with van der Waals surface area (Å²) in [6, 6.07) is 21.3. The second-order valence-corrected chi connectivity index (χ2v) is 8.08. The van der Waals surface area contributed by atoms with E-state index < -0.39 is 0 Å². The molecule has 0 amide bonds. The van der Waals surface area contributed by atoms with Crippen LogP contribution in [0.5, 0.6) is 0 Å². The molecular weight excluding hydrogens is 280 g/mol. The largest absolute Gasteiger partial charge is 0.347 e. The molecule has 0 aliphatic rings. The van der Waals surface area contributed by atoms with Gasteiger partial charge in [-0.2, -0.15) is 0 Å². The summed E-state index contributed by atoms with van der Waals surface area (Å²) in [5.74, 6) is 0. The molecule has 0 aliphatic carbocycles. The normalized spacial score (nSPS) is 13.7. The van der Waals surface area contributed by atoms with E-state index in [0.717, 1.165) is 0 Å². The van der Waals surface area contributed by atoms with E-state index in [1.807, 2.05) is 0 Å². The van der Waals surface area contributed by atoms with Crippen molar-refractivity contribution < 1.29 is 0 Å². The van der Waals surface area contributed by atoms with Crippen molar-refractivity contribution >= 4 is 5.69 Å². The van der Waals surface area contributed by atoms with Crippen LogP contribution in [0.2, 0.25) is 0 Å². The highest BCUT2D eigenvalue weighted by Crippen LogP contribution is 2.33. The Kier molecular flexibility index (Phi) is 5.16. The molecule has 0 saturated carbocycles. The Morgan fingerprint density at radius 1 is 0.739 bits per heavy atom. The molecule has 124 valence electrons. The first-order chi connectivity index (χ1) is 10.7. The van der Waals surface area contributed by atoms with E-state index in [1.54, 1.807) is 0 Å². The van der Waals surface area contributed by atoms with Gasteiger partial charge < -0.3 is 4.90 Å². The molecule has 0 bridgehead atoms. The van der Waals surface area contributed by atoms with Crippen LogP contribution in [0.1, 0.15) is 53.3 Å². The Hall–Kier alpha value is -1.80. The topological polar surface area (TPSA) is 15.3 Å². The first kappa shape index (κ1) is 17.6. The van der Waals surface area contributed by atoms with Crippen LogP contribution in [0.15, 0.2) is 60.7 Å². The van der Waals surface area contributed by atoms with Gasteiger partial charge in [-0.15, -0.1) is 0 Å². The van der Waals surface area contributed by atoms with E-state index >= 15 is 0 Å². The highest BCUT2D eigenvalue weighted by atomic mass is 15.3. The molecule has 23 heavy (non-hydrogen) atoms. The molecule has 0 saturated heterocycles. The van der Waals surface area contributed by atoms with Crippen LogP contribution in [0.4, 0.5) is 5.69 Å². The van der Waals surface area contributed by atoms with Crippen LogP contribution < -0.4 is 10.2 Å². The molecule has 2 heteroatoms. The van der Waals surface area contributed by atoms with Gasteiger partial charge in [0, 0.05) is 16.8 Å². The van der Waals surface area contributed by atoms with Crippen molar-refractivity contribution in [3.8, 4) is 0 Å². The molecule has 1 N–H and O–H groups in total. The van der Waals surface area contributed by atoms with E-state index in [0.29, 0.717) is 0 Å². The van der Waals surface area contributed by atoms with Crippen molar-refractivity contribution in [1.82, 2.24) is 5.32 Å². The second kappa shape index (κ2) is 6.76. The van der Waals surface area contributed by atoms with Crippen molar-refractivity contribution in [2.45, 2.75) is 58.8 Å². The molecule has 1 atom stereocenters. The van der Waals surface area contributed by atoms with Gasteiger partial charge in [-0.05, 0) is 59.2 Å². The second-order valence-electron chi connectivity index (χ2n) is 8.08. The van der Waals surface area contributed by atoms with Gasteiger partial charge >= 0.3 is 0 Å². The maximum Gasteiger partial charge on any atom is 0.107 e. The zero-order valence-corrected chi connectivity index (χ0v) is 15.3. The molecule has 0 spiro atoms. The monoisotopic (exact) mass is 310 g/mol. The number of nitrogens with one attached hydrogen (secondary N) is 1.